The van der Waals surface area contributed by atoms with Crippen LogP contribution in [0, 0.1) is 6.92 Å². The fraction of sp³-hybridized carbons (Fsp3) is 0.200. The molecule has 2 aromatic heterocycles. The minimum Gasteiger partial charge on any atom is -0.469 e. The number of carbonyl (C=O) groups is 2. The number of aromatic amines is 1. The van der Waals surface area contributed by atoms with E-state index in [0.29, 0.717) is 26.9 Å². The number of hydrogen-bond donors (Lipinski definition) is 1. The average Bonchev–Trinajstić information content (AvgIpc) is 3.11. The van der Waals surface area contributed by atoms with Gasteiger partial charge in [0.15, 0.2) is 0 Å². The van der Waals surface area contributed by atoms with Crippen LogP contribution in [0.15, 0.2) is 18.2 Å². The van der Waals surface area contributed by atoms with Crippen LogP contribution in [0.25, 0.3) is 10.9 Å². The van der Waals surface area contributed by atoms with Crippen molar-refractivity contribution in [1.82, 2.24) is 14.6 Å². The number of aromatic nitrogens is 3. The summed E-state index contributed by atoms with van der Waals surface area (Å²) in [6.45, 7) is 1.72. The molecule has 0 saturated carbocycles. The minimum absolute atomic E-state index is 0.0246. The number of benzene rings is 1. The van der Waals surface area contributed by atoms with Crippen LogP contribution in [0.4, 0.5) is 0 Å². The van der Waals surface area contributed by atoms with Crippen LogP contribution in [0.3, 0.4) is 0 Å². The molecule has 118 valence electrons. The van der Waals surface area contributed by atoms with E-state index >= 15 is 0 Å². The second-order valence-corrected chi connectivity index (χ2v) is 6.13. The Morgan fingerprint density at radius 3 is 2.83 bits per heavy atom. The zero-order valence-electron chi connectivity index (χ0n) is 12.3. The van der Waals surface area contributed by atoms with Gasteiger partial charge in [-0.05, 0) is 36.7 Å². The maximum Gasteiger partial charge on any atom is 0.310 e. The van der Waals surface area contributed by atoms with Gasteiger partial charge in [0.1, 0.15) is 4.88 Å². The Hall–Kier alpha value is -2.25. The topological polar surface area (TPSA) is 84.9 Å². The zero-order chi connectivity index (χ0) is 16.6. The molecule has 0 amide bonds. The Morgan fingerprint density at radius 2 is 2.17 bits per heavy atom. The van der Waals surface area contributed by atoms with Crippen LogP contribution in [-0.2, 0) is 16.0 Å². The number of esters is 1. The molecule has 0 spiro atoms. The van der Waals surface area contributed by atoms with E-state index in [1.165, 1.54) is 7.11 Å². The van der Waals surface area contributed by atoms with E-state index in [9.17, 15) is 9.59 Å². The van der Waals surface area contributed by atoms with E-state index in [0.717, 1.165) is 22.4 Å². The molecule has 0 radical (unpaired) electrons. The molecule has 0 unspecified atom stereocenters. The number of ether oxygens (including phenoxy) is 1. The van der Waals surface area contributed by atoms with Crippen molar-refractivity contribution in [2.75, 3.05) is 7.11 Å². The molecule has 8 heteroatoms. The summed E-state index contributed by atoms with van der Waals surface area (Å²) in [6, 6.07) is 5.21. The highest BCUT2D eigenvalue weighted by Gasteiger charge is 2.24. The third-order valence-electron chi connectivity index (χ3n) is 3.50. The molecule has 0 fully saturated rings. The molecule has 3 aromatic rings. The number of rotatable bonds is 4. The van der Waals surface area contributed by atoms with Gasteiger partial charge in [-0.3, -0.25) is 9.59 Å². The first-order chi connectivity index (χ1) is 11.0. The van der Waals surface area contributed by atoms with Crippen molar-refractivity contribution < 1.29 is 14.3 Å². The molecule has 0 atom stereocenters. The van der Waals surface area contributed by atoms with Crippen LogP contribution < -0.4 is 0 Å². The molecule has 0 aliphatic rings. The standard InChI is InChI=1S/C15H12ClN3O3S/c1-7-15(23-19-18-7)14(21)13-10(6-12(20)22-2)9-5-8(16)3-4-11(9)17-13/h3-5,17H,6H2,1-2H3. The van der Waals surface area contributed by atoms with E-state index in [2.05, 4.69) is 14.6 Å². The highest BCUT2D eigenvalue weighted by atomic mass is 35.5. The average molecular weight is 350 g/mol. The first-order valence-corrected chi connectivity index (χ1v) is 7.87. The molecule has 0 saturated heterocycles. The molecule has 23 heavy (non-hydrogen) atoms. The largest absolute Gasteiger partial charge is 0.469 e. The van der Waals surface area contributed by atoms with Crippen molar-refractivity contribution in [2.45, 2.75) is 13.3 Å². The van der Waals surface area contributed by atoms with E-state index in [-0.39, 0.29) is 12.2 Å². The molecule has 0 aliphatic carbocycles. The van der Waals surface area contributed by atoms with Gasteiger partial charge in [0.2, 0.25) is 5.78 Å². The maximum atomic E-state index is 12.8. The van der Waals surface area contributed by atoms with Crippen molar-refractivity contribution in [3.8, 4) is 0 Å². The minimum atomic E-state index is -0.431. The third-order valence-corrected chi connectivity index (χ3v) is 4.56. The number of halogens is 1. The molecule has 2 heterocycles. The Balaban J connectivity index is 2.19. The normalized spacial score (nSPS) is 10.9. The molecule has 3 rings (SSSR count). The summed E-state index contributed by atoms with van der Waals surface area (Å²) >= 11 is 7.07. The third kappa shape index (κ3) is 2.85. The summed E-state index contributed by atoms with van der Waals surface area (Å²) in [5.41, 5.74) is 2.18. The summed E-state index contributed by atoms with van der Waals surface area (Å²) in [6.07, 6.45) is -0.0246. The number of nitrogens with zero attached hydrogens (tertiary/aromatic N) is 2. The zero-order valence-corrected chi connectivity index (χ0v) is 13.9. The molecule has 1 aromatic carbocycles. The molecule has 0 aliphatic heterocycles. The quantitative estimate of drug-likeness (QED) is 0.578. The van der Waals surface area contributed by atoms with E-state index in [4.69, 9.17) is 16.3 Å². The first-order valence-electron chi connectivity index (χ1n) is 6.72. The lowest BCUT2D eigenvalue weighted by Gasteiger charge is -2.03. The molecule has 6 nitrogen and oxygen atoms in total. The summed E-state index contributed by atoms with van der Waals surface area (Å²) in [4.78, 5) is 28.0. The smallest absolute Gasteiger partial charge is 0.310 e. The SMILES string of the molecule is COC(=O)Cc1c(C(=O)c2snnc2C)[nH]c2ccc(Cl)cc12. The van der Waals surface area contributed by atoms with Gasteiger partial charge in [0.25, 0.3) is 0 Å². The van der Waals surface area contributed by atoms with Gasteiger partial charge in [-0.2, -0.15) is 0 Å². The fourth-order valence-electron chi connectivity index (χ4n) is 2.37. The number of methoxy groups -OCH3 is 1. The van der Waals surface area contributed by atoms with Crippen LogP contribution in [-0.4, -0.2) is 33.4 Å². The molecule has 0 bridgehead atoms. The van der Waals surface area contributed by atoms with Crippen LogP contribution in [0.1, 0.15) is 26.6 Å². The van der Waals surface area contributed by atoms with Gasteiger partial charge in [-0.15, -0.1) is 5.10 Å². The lowest BCUT2D eigenvalue weighted by molar-refractivity contribution is -0.139. The van der Waals surface area contributed by atoms with Crippen LogP contribution in [0.2, 0.25) is 5.02 Å². The molecule has 1 N–H and O–H groups in total. The second kappa shape index (κ2) is 6.10. The van der Waals surface area contributed by atoms with Gasteiger partial charge in [-0.1, -0.05) is 16.1 Å². The van der Waals surface area contributed by atoms with Crippen LogP contribution >= 0.6 is 23.1 Å². The number of carbonyl (C=O) groups excluding carboxylic acids is 2. The summed E-state index contributed by atoms with van der Waals surface area (Å²) in [7, 11) is 1.31. The van der Waals surface area contributed by atoms with Gasteiger partial charge in [-0.25, -0.2) is 0 Å². The maximum absolute atomic E-state index is 12.8. The van der Waals surface area contributed by atoms with E-state index < -0.39 is 5.97 Å². The monoisotopic (exact) mass is 349 g/mol. The first kappa shape index (κ1) is 15.6. The Bertz CT molecular complexity index is 916. The Kier molecular flexibility index (Phi) is 4.14. The lowest BCUT2D eigenvalue weighted by Crippen LogP contribution is -2.10. The Morgan fingerprint density at radius 1 is 1.39 bits per heavy atom. The second-order valence-electron chi connectivity index (χ2n) is 4.94. The van der Waals surface area contributed by atoms with Gasteiger partial charge in [0, 0.05) is 21.5 Å². The number of nitrogens with one attached hydrogen (secondary N) is 1. The number of H-pyrrole nitrogens is 1. The summed E-state index contributed by atoms with van der Waals surface area (Å²) in [5, 5.41) is 5.11. The van der Waals surface area contributed by atoms with E-state index in [1.807, 2.05) is 0 Å². The van der Waals surface area contributed by atoms with Crippen molar-refractivity contribution >= 4 is 45.8 Å². The molecular weight excluding hydrogens is 338 g/mol. The number of fused-ring (bicyclic) bond motifs is 1. The van der Waals surface area contributed by atoms with E-state index in [1.54, 1.807) is 25.1 Å². The van der Waals surface area contributed by atoms with Crippen LogP contribution in [0.5, 0.6) is 0 Å². The van der Waals surface area contributed by atoms with Gasteiger partial charge < -0.3 is 9.72 Å². The molecular formula is C15H12ClN3O3S. The number of ketones is 1. The summed E-state index contributed by atoms with van der Waals surface area (Å²) in [5.74, 6) is -0.678. The predicted molar refractivity (Wildman–Crippen MR) is 87.1 cm³/mol. The fourth-order valence-corrected chi connectivity index (χ4v) is 3.14. The summed E-state index contributed by atoms with van der Waals surface area (Å²) < 4.78 is 8.52. The number of hydrogen-bond acceptors (Lipinski definition) is 6. The van der Waals surface area contributed by atoms with Crippen molar-refractivity contribution in [3.05, 3.63) is 45.1 Å². The Labute approximate surface area is 140 Å². The highest BCUT2D eigenvalue weighted by Crippen LogP contribution is 2.29. The highest BCUT2D eigenvalue weighted by molar-refractivity contribution is 7.08. The van der Waals surface area contributed by atoms with Crippen molar-refractivity contribution in [1.29, 1.82) is 0 Å². The number of aryl methyl sites for hydroxylation is 1. The van der Waals surface area contributed by atoms with Gasteiger partial charge in [0.05, 0.1) is 24.9 Å². The van der Waals surface area contributed by atoms with Crippen molar-refractivity contribution in [2.24, 2.45) is 0 Å². The van der Waals surface area contributed by atoms with Gasteiger partial charge >= 0.3 is 5.97 Å². The predicted octanol–water partition coefficient (Wildman–Crippen LogP) is 2.93. The van der Waals surface area contributed by atoms with Crippen molar-refractivity contribution in [3.63, 3.8) is 0 Å². The lowest BCUT2D eigenvalue weighted by atomic mass is 10.0.